The molecule has 17 heavy (non-hydrogen) atoms. The van der Waals surface area contributed by atoms with Gasteiger partial charge in [-0.25, -0.2) is 0 Å². The number of halogens is 2. The fraction of sp³-hybridized carbons (Fsp3) is 0.462. The number of nitrogens with one attached hydrogen (secondary N) is 1. The van der Waals surface area contributed by atoms with Crippen molar-refractivity contribution in [2.75, 3.05) is 6.54 Å². The van der Waals surface area contributed by atoms with Crippen molar-refractivity contribution in [3.63, 3.8) is 0 Å². The average molecular weight is 366 g/mol. The minimum atomic E-state index is -0.0515. The molecule has 1 rings (SSSR count). The van der Waals surface area contributed by atoms with E-state index in [0.29, 0.717) is 18.0 Å². The Morgan fingerprint density at radius 1 is 1.41 bits per heavy atom. The second kappa shape index (κ2) is 7.21. The summed E-state index contributed by atoms with van der Waals surface area (Å²) in [6.07, 6.45) is 0.910. The number of rotatable bonds is 5. The third kappa shape index (κ3) is 5.25. The topological polar surface area (TPSA) is 29.1 Å². The fourth-order valence-corrected chi connectivity index (χ4v) is 2.60. The van der Waals surface area contributed by atoms with E-state index in [4.69, 9.17) is 11.6 Å². The molecule has 1 aromatic rings. The molecule has 0 aliphatic heterocycles. The number of carbonyl (C=O) groups is 1. The summed E-state index contributed by atoms with van der Waals surface area (Å²) in [5, 5.41) is 2.87. The quantitative estimate of drug-likeness (QED) is 0.626. The third-order valence-electron chi connectivity index (χ3n) is 2.33. The van der Waals surface area contributed by atoms with Crippen molar-refractivity contribution in [2.45, 2.75) is 25.6 Å². The molecule has 0 aliphatic rings. The zero-order chi connectivity index (χ0) is 12.8. The molecule has 0 saturated carbocycles. The van der Waals surface area contributed by atoms with Gasteiger partial charge in [0.25, 0.3) is 5.91 Å². The van der Waals surface area contributed by atoms with Crippen LogP contribution in [0.5, 0.6) is 0 Å². The zero-order valence-corrected chi connectivity index (χ0v) is 13.0. The van der Waals surface area contributed by atoms with Crippen molar-refractivity contribution in [1.29, 1.82) is 0 Å². The van der Waals surface area contributed by atoms with Crippen LogP contribution in [0, 0.1) is 9.49 Å². The molecule has 1 aromatic carbocycles. The van der Waals surface area contributed by atoms with Crippen LogP contribution in [0.4, 0.5) is 0 Å². The van der Waals surface area contributed by atoms with Crippen LogP contribution in [-0.2, 0) is 0 Å². The second-order valence-electron chi connectivity index (χ2n) is 4.42. The van der Waals surface area contributed by atoms with Crippen molar-refractivity contribution < 1.29 is 4.79 Å². The van der Waals surface area contributed by atoms with Gasteiger partial charge >= 0.3 is 0 Å². The van der Waals surface area contributed by atoms with Crippen LogP contribution in [-0.4, -0.2) is 17.8 Å². The molecule has 0 heterocycles. The van der Waals surface area contributed by atoms with Crippen molar-refractivity contribution in [3.05, 3.63) is 33.4 Å². The van der Waals surface area contributed by atoms with Crippen molar-refractivity contribution in [3.8, 4) is 0 Å². The standard InChI is InChI=1S/C13H17ClINO/c1-9(2)7-10(14)8-16-13(17)11-5-3-4-6-12(11)15/h3-6,9-10H,7-8H2,1-2H3,(H,16,17). The Morgan fingerprint density at radius 3 is 2.65 bits per heavy atom. The summed E-state index contributed by atoms with van der Waals surface area (Å²) in [6.45, 7) is 4.76. The van der Waals surface area contributed by atoms with Gasteiger partial charge in [-0.2, -0.15) is 0 Å². The first-order valence-electron chi connectivity index (χ1n) is 5.67. The van der Waals surface area contributed by atoms with E-state index in [1.807, 2.05) is 24.3 Å². The van der Waals surface area contributed by atoms with Gasteiger partial charge in [-0.1, -0.05) is 26.0 Å². The lowest BCUT2D eigenvalue weighted by molar-refractivity contribution is 0.0952. The maximum atomic E-state index is 11.9. The molecule has 0 aromatic heterocycles. The fourth-order valence-electron chi connectivity index (χ4n) is 1.54. The van der Waals surface area contributed by atoms with Gasteiger partial charge in [0.15, 0.2) is 0 Å². The van der Waals surface area contributed by atoms with Crippen LogP contribution in [0.1, 0.15) is 30.6 Å². The molecular formula is C13H17ClINO. The van der Waals surface area contributed by atoms with Crippen molar-refractivity contribution >= 4 is 40.1 Å². The molecule has 0 bridgehead atoms. The number of hydrogen-bond acceptors (Lipinski definition) is 1. The van der Waals surface area contributed by atoms with Gasteiger partial charge in [0.05, 0.1) is 10.9 Å². The van der Waals surface area contributed by atoms with Gasteiger partial charge in [-0.05, 0) is 47.1 Å². The number of alkyl halides is 1. The Hall–Kier alpha value is -0.290. The maximum absolute atomic E-state index is 11.9. The smallest absolute Gasteiger partial charge is 0.252 e. The predicted molar refractivity (Wildman–Crippen MR) is 80.6 cm³/mol. The van der Waals surface area contributed by atoms with Gasteiger partial charge in [0, 0.05) is 10.1 Å². The summed E-state index contributed by atoms with van der Waals surface area (Å²) in [5.41, 5.74) is 0.710. The lowest BCUT2D eigenvalue weighted by Gasteiger charge is -2.13. The summed E-state index contributed by atoms with van der Waals surface area (Å²) in [7, 11) is 0. The van der Waals surface area contributed by atoms with Gasteiger partial charge < -0.3 is 5.32 Å². The van der Waals surface area contributed by atoms with Gasteiger partial charge in [0.2, 0.25) is 0 Å². The number of benzene rings is 1. The molecule has 4 heteroatoms. The number of carbonyl (C=O) groups excluding carboxylic acids is 1. The molecule has 1 unspecified atom stereocenters. The normalized spacial score (nSPS) is 12.5. The van der Waals surface area contributed by atoms with Crippen LogP contribution in [0.2, 0.25) is 0 Å². The molecule has 0 fully saturated rings. The first kappa shape index (κ1) is 14.8. The Morgan fingerprint density at radius 2 is 2.06 bits per heavy atom. The Labute approximate surface area is 121 Å². The molecule has 1 atom stereocenters. The summed E-state index contributed by atoms with van der Waals surface area (Å²) in [6, 6.07) is 7.52. The molecule has 0 spiro atoms. The minimum absolute atomic E-state index is 0.000300. The molecule has 2 nitrogen and oxygen atoms in total. The number of amides is 1. The molecule has 0 radical (unpaired) electrons. The molecule has 1 amide bonds. The highest BCUT2D eigenvalue weighted by molar-refractivity contribution is 14.1. The van der Waals surface area contributed by atoms with E-state index in [0.717, 1.165) is 9.99 Å². The Bertz CT molecular complexity index is 381. The van der Waals surface area contributed by atoms with Crippen LogP contribution in [0.15, 0.2) is 24.3 Å². The first-order chi connectivity index (χ1) is 8.00. The van der Waals surface area contributed by atoms with Crippen LogP contribution in [0.25, 0.3) is 0 Å². The molecular weight excluding hydrogens is 349 g/mol. The van der Waals surface area contributed by atoms with Crippen molar-refractivity contribution in [2.24, 2.45) is 5.92 Å². The third-order valence-corrected chi connectivity index (χ3v) is 3.60. The van der Waals surface area contributed by atoms with Crippen LogP contribution < -0.4 is 5.32 Å². The Kier molecular flexibility index (Phi) is 6.27. The number of hydrogen-bond donors (Lipinski definition) is 1. The average Bonchev–Trinajstić information content (AvgIpc) is 2.25. The summed E-state index contributed by atoms with van der Waals surface area (Å²) in [5.74, 6) is 0.496. The van der Waals surface area contributed by atoms with E-state index in [2.05, 4.69) is 41.8 Å². The molecule has 0 saturated heterocycles. The van der Waals surface area contributed by atoms with Crippen LogP contribution in [0.3, 0.4) is 0 Å². The summed E-state index contributed by atoms with van der Waals surface area (Å²) < 4.78 is 0.956. The maximum Gasteiger partial charge on any atom is 0.252 e. The van der Waals surface area contributed by atoms with E-state index in [1.165, 1.54) is 0 Å². The van der Waals surface area contributed by atoms with E-state index in [1.54, 1.807) is 0 Å². The highest BCUT2D eigenvalue weighted by Gasteiger charge is 2.12. The monoisotopic (exact) mass is 365 g/mol. The molecule has 0 aliphatic carbocycles. The van der Waals surface area contributed by atoms with Crippen LogP contribution >= 0.6 is 34.2 Å². The summed E-state index contributed by atoms with van der Waals surface area (Å²) in [4.78, 5) is 11.9. The van der Waals surface area contributed by atoms with Gasteiger partial charge in [-0.15, -0.1) is 11.6 Å². The zero-order valence-electron chi connectivity index (χ0n) is 10.0. The van der Waals surface area contributed by atoms with E-state index in [-0.39, 0.29) is 11.3 Å². The highest BCUT2D eigenvalue weighted by atomic mass is 127. The van der Waals surface area contributed by atoms with E-state index in [9.17, 15) is 4.79 Å². The Balaban J connectivity index is 2.48. The second-order valence-corrected chi connectivity index (χ2v) is 6.20. The first-order valence-corrected chi connectivity index (χ1v) is 7.19. The largest absolute Gasteiger partial charge is 0.351 e. The predicted octanol–water partition coefficient (Wildman–Crippen LogP) is 3.67. The van der Waals surface area contributed by atoms with E-state index >= 15 is 0 Å². The highest BCUT2D eigenvalue weighted by Crippen LogP contribution is 2.12. The van der Waals surface area contributed by atoms with Crippen molar-refractivity contribution in [1.82, 2.24) is 5.32 Å². The SMILES string of the molecule is CC(C)CC(Cl)CNC(=O)c1ccccc1I. The minimum Gasteiger partial charge on any atom is -0.351 e. The van der Waals surface area contributed by atoms with E-state index < -0.39 is 0 Å². The van der Waals surface area contributed by atoms with Gasteiger partial charge in [0.1, 0.15) is 0 Å². The van der Waals surface area contributed by atoms with Gasteiger partial charge in [-0.3, -0.25) is 4.79 Å². The summed E-state index contributed by atoms with van der Waals surface area (Å²) >= 11 is 8.29. The molecule has 94 valence electrons. The lowest BCUT2D eigenvalue weighted by Crippen LogP contribution is -2.30. The lowest BCUT2D eigenvalue weighted by atomic mass is 10.1. The molecule has 1 N–H and O–H groups in total.